The number of hydrogen-bond acceptors (Lipinski definition) is 2. The molecule has 0 bridgehead atoms. The first kappa shape index (κ1) is 17.5. The van der Waals surface area contributed by atoms with Crippen LogP contribution < -0.4 is 0 Å². The third-order valence-corrected chi connectivity index (χ3v) is 4.52. The first-order valence-electron chi connectivity index (χ1n) is 8.12. The van der Waals surface area contributed by atoms with Crippen LogP contribution >= 0.6 is 11.6 Å². The molecule has 0 spiro atoms. The summed E-state index contributed by atoms with van der Waals surface area (Å²) in [5.41, 5.74) is 2.33. The van der Waals surface area contributed by atoms with Gasteiger partial charge in [-0.15, -0.1) is 0 Å². The zero-order valence-electron chi connectivity index (χ0n) is 14.1. The first-order chi connectivity index (χ1) is 12.8. The van der Waals surface area contributed by atoms with Crippen molar-refractivity contribution in [1.29, 1.82) is 0 Å². The molecule has 0 aliphatic rings. The fourth-order valence-corrected chi connectivity index (χ4v) is 3.00. The summed E-state index contributed by atoms with van der Waals surface area (Å²) in [6.07, 6.45) is -3.18. The maximum atomic E-state index is 13.6. The summed E-state index contributed by atoms with van der Waals surface area (Å²) in [4.78, 5) is 4.48. The minimum Gasteiger partial charge on any atom is -0.228 e. The van der Waals surface area contributed by atoms with Crippen LogP contribution in [-0.2, 0) is 6.18 Å². The SMILES string of the molecule is Cc1ccc(-c2cc(C(F)(F)F)n3ncc(-c4ccc(Cl)cc4)c3n2)cc1. The number of alkyl halides is 3. The molecule has 0 fully saturated rings. The maximum Gasteiger partial charge on any atom is 0.433 e. The maximum absolute atomic E-state index is 13.6. The highest BCUT2D eigenvalue weighted by atomic mass is 35.5. The molecule has 0 unspecified atom stereocenters. The van der Waals surface area contributed by atoms with Crippen LogP contribution in [0.4, 0.5) is 13.2 Å². The Balaban J connectivity index is 1.99. The molecule has 0 aliphatic heterocycles. The monoisotopic (exact) mass is 387 g/mol. The summed E-state index contributed by atoms with van der Waals surface area (Å²) < 4.78 is 41.7. The number of fused-ring (bicyclic) bond motifs is 1. The lowest BCUT2D eigenvalue weighted by Crippen LogP contribution is -2.13. The predicted octanol–water partition coefficient (Wildman–Crippen LogP) is 6.04. The van der Waals surface area contributed by atoms with E-state index in [2.05, 4.69) is 10.1 Å². The second-order valence-corrected chi connectivity index (χ2v) is 6.63. The molecular formula is C20H13ClF3N3. The van der Waals surface area contributed by atoms with Gasteiger partial charge in [0.2, 0.25) is 0 Å². The number of benzene rings is 2. The number of hydrogen-bond donors (Lipinski definition) is 0. The molecule has 2 aromatic heterocycles. The quantitative estimate of drug-likeness (QED) is 0.419. The molecule has 0 aliphatic carbocycles. The van der Waals surface area contributed by atoms with Crippen molar-refractivity contribution in [2.75, 3.05) is 0 Å². The molecule has 4 aromatic rings. The molecule has 136 valence electrons. The molecule has 2 aromatic carbocycles. The van der Waals surface area contributed by atoms with E-state index >= 15 is 0 Å². The summed E-state index contributed by atoms with van der Waals surface area (Å²) in [5, 5.41) is 4.48. The second kappa shape index (κ2) is 6.39. The van der Waals surface area contributed by atoms with E-state index in [9.17, 15) is 13.2 Å². The average Bonchev–Trinajstić information content (AvgIpc) is 3.05. The van der Waals surface area contributed by atoms with E-state index in [-0.39, 0.29) is 11.3 Å². The Bertz CT molecular complexity index is 1110. The number of aryl methyl sites for hydroxylation is 1. The zero-order chi connectivity index (χ0) is 19.2. The lowest BCUT2D eigenvalue weighted by atomic mass is 10.1. The van der Waals surface area contributed by atoms with Crippen LogP contribution in [0, 0.1) is 6.92 Å². The highest BCUT2D eigenvalue weighted by Gasteiger charge is 2.35. The van der Waals surface area contributed by atoms with E-state index in [1.165, 1.54) is 6.20 Å². The van der Waals surface area contributed by atoms with Gasteiger partial charge in [0.05, 0.1) is 11.9 Å². The van der Waals surface area contributed by atoms with Crippen molar-refractivity contribution in [1.82, 2.24) is 14.6 Å². The Morgan fingerprint density at radius 1 is 0.926 bits per heavy atom. The summed E-state index contributed by atoms with van der Waals surface area (Å²) in [6.45, 7) is 1.91. The first-order valence-corrected chi connectivity index (χ1v) is 8.50. The molecule has 0 amide bonds. The van der Waals surface area contributed by atoms with Crippen molar-refractivity contribution < 1.29 is 13.2 Å². The van der Waals surface area contributed by atoms with Crippen LogP contribution in [0.2, 0.25) is 5.02 Å². The molecule has 27 heavy (non-hydrogen) atoms. The van der Waals surface area contributed by atoms with Crippen molar-refractivity contribution in [2.45, 2.75) is 13.1 Å². The van der Waals surface area contributed by atoms with Crippen molar-refractivity contribution in [3.05, 3.63) is 77.1 Å². The molecule has 3 nitrogen and oxygen atoms in total. The summed E-state index contributed by atoms with van der Waals surface area (Å²) >= 11 is 5.91. The predicted molar refractivity (Wildman–Crippen MR) is 98.6 cm³/mol. The van der Waals surface area contributed by atoms with Gasteiger partial charge in [-0.25, -0.2) is 9.50 Å². The summed E-state index contributed by atoms with van der Waals surface area (Å²) in [5.74, 6) is 0. The summed E-state index contributed by atoms with van der Waals surface area (Å²) in [7, 11) is 0. The van der Waals surface area contributed by atoms with Crippen molar-refractivity contribution in [2.24, 2.45) is 0 Å². The third kappa shape index (κ3) is 3.28. The van der Waals surface area contributed by atoms with Crippen LogP contribution in [0.5, 0.6) is 0 Å². The topological polar surface area (TPSA) is 30.2 Å². The Morgan fingerprint density at radius 2 is 1.56 bits per heavy atom. The van der Waals surface area contributed by atoms with Gasteiger partial charge in [0.1, 0.15) is 0 Å². The van der Waals surface area contributed by atoms with Crippen molar-refractivity contribution >= 4 is 17.2 Å². The molecule has 0 saturated carbocycles. The Labute approximate surface area is 158 Å². The van der Waals surface area contributed by atoms with Gasteiger partial charge in [-0.3, -0.25) is 0 Å². The van der Waals surface area contributed by atoms with E-state index in [1.54, 1.807) is 36.4 Å². The minimum atomic E-state index is -4.57. The third-order valence-electron chi connectivity index (χ3n) is 4.26. The van der Waals surface area contributed by atoms with Crippen molar-refractivity contribution in [3.63, 3.8) is 0 Å². The fraction of sp³-hybridized carbons (Fsp3) is 0.100. The van der Waals surface area contributed by atoms with Gasteiger partial charge in [0.15, 0.2) is 11.3 Å². The molecule has 7 heteroatoms. The largest absolute Gasteiger partial charge is 0.433 e. The molecule has 4 rings (SSSR count). The van der Waals surface area contributed by atoms with Gasteiger partial charge < -0.3 is 0 Å². The number of aromatic nitrogens is 3. The van der Waals surface area contributed by atoms with E-state index in [1.807, 2.05) is 19.1 Å². The van der Waals surface area contributed by atoms with Gasteiger partial charge in [-0.1, -0.05) is 53.6 Å². The smallest absolute Gasteiger partial charge is 0.228 e. The van der Waals surface area contributed by atoms with E-state index in [0.29, 0.717) is 21.7 Å². The van der Waals surface area contributed by atoms with Gasteiger partial charge in [0.25, 0.3) is 0 Å². The van der Waals surface area contributed by atoms with Gasteiger partial charge in [-0.05, 0) is 30.7 Å². The number of rotatable bonds is 2. The van der Waals surface area contributed by atoms with Crippen LogP contribution in [0.25, 0.3) is 28.0 Å². The molecule has 0 atom stereocenters. The van der Waals surface area contributed by atoms with Crippen LogP contribution in [0.15, 0.2) is 60.8 Å². The van der Waals surface area contributed by atoms with Crippen LogP contribution in [0.1, 0.15) is 11.3 Å². The lowest BCUT2D eigenvalue weighted by Gasteiger charge is -2.12. The normalized spacial score (nSPS) is 11.9. The Morgan fingerprint density at radius 3 is 2.19 bits per heavy atom. The van der Waals surface area contributed by atoms with Gasteiger partial charge >= 0.3 is 6.18 Å². The summed E-state index contributed by atoms with van der Waals surface area (Å²) in [6, 6.07) is 15.0. The van der Waals surface area contributed by atoms with E-state index in [4.69, 9.17) is 11.6 Å². The molecular weight excluding hydrogens is 375 g/mol. The van der Waals surface area contributed by atoms with Crippen LogP contribution in [0.3, 0.4) is 0 Å². The van der Waals surface area contributed by atoms with Gasteiger partial charge in [0, 0.05) is 16.1 Å². The Kier molecular flexibility index (Phi) is 4.15. The molecule has 2 heterocycles. The molecule has 0 N–H and O–H groups in total. The molecule has 0 radical (unpaired) electrons. The van der Waals surface area contributed by atoms with Crippen molar-refractivity contribution in [3.8, 4) is 22.4 Å². The second-order valence-electron chi connectivity index (χ2n) is 6.19. The Hall–Kier alpha value is -2.86. The minimum absolute atomic E-state index is 0.141. The fourth-order valence-electron chi connectivity index (χ4n) is 2.87. The van der Waals surface area contributed by atoms with E-state index < -0.39 is 11.9 Å². The molecule has 0 saturated heterocycles. The van der Waals surface area contributed by atoms with Crippen LogP contribution in [-0.4, -0.2) is 14.6 Å². The highest BCUT2D eigenvalue weighted by molar-refractivity contribution is 6.30. The van der Waals surface area contributed by atoms with E-state index in [0.717, 1.165) is 16.1 Å². The average molecular weight is 388 g/mol. The lowest BCUT2D eigenvalue weighted by molar-refractivity contribution is -0.142. The van der Waals surface area contributed by atoms with Gasteiger partial charge in [-0.2, -0.15) is 18.3 Å². The highest BCUT2D eigenvalue weighted by Crippen LogP contribution is 2.34. The number of nitrogens with zero attached hydrogens (tertiary/aromatic N) is 3. The zero-order valence-corrected chi connectivity index (χ0v) is 14.9. The number of halogens is 4. The standard InChI is InChI=1S/C20H13ClF3N3/c1-12-2-4-14(5-3-12)17-10-18(20(22,23)24)27-19(26-17)16(11-25-27)13-6-8-15(21)9-7-13/h2-11H,1H3.